The van der Waals surface area contributed by atoms with E-state index in [1.54, 1.807) is 36.4 Å². The number of cyclic esters (lactones) is 1. The molecule has 1 N–H and O–H groups in total. The van der Waals surface area contributed by atoms with Crippen LogP contribution in [0.1, 0.15) is 22.8 Å². The highest BCUT2D eigenvalue weighted by Crippen LogP contribution is 2.35. The summed E-state index contributed by atoms with van der Waals surface area (Å²) in [7, 11) is -4.56. The van der Waals surface area contributed by atoms with Crippen LogP contribution in [0.4, 0.5) is 20.6 Å². The third-order valence-electron chi connectivity index (χ3n) is 5.71. The quantitative estimate of drug-likeness (QED) is 0.647. The Kier molecular flexibility index (Phi) is 6.64. The third-order valence-corrected chi connectivity index (χ3v) is 7.97. The van der Waals surface area contributed by atoms with Crippen molar-refractivity contribution in [1.29, 1.82) is 0 Å². The minimum Gasteiger partial charge on any atom is -0.442 e. The van der Waals surface area contributed by atoms with Crippen LogP contribution in [0.3, 0.4) is 0 Å². The normalized spacial score (nSPS) is 20.7. The van der Waals surface area contributed by atoms with Crippen molar-refractivity contribution in [3.63, 3.8) is 0 Å². The lowest BCUT2D eigenvalue weighted by molar-refractivity contribution is 0.137. The average molecular weight is 481 g/mol. The number of hydrogen-bond acceptors (Lipinski definition) is 6. The molecule has 1 amide bonds. The molecule has 0 aliphatic carbocycles. The van der Waals surface area contributed by atoms with E-state index < -0.39 is 33.4 Å². The van der Waals surface area contributed by atoms with Crippen molar-refractivity contribution in [3.8, 4) is 0 Å². The topological polar surface area (TPSA) is 87.2 Å². The molecule has 0 spiro atoms. The number of nitrogens with zero attached hydrogens (tertiary/aromatic N) is 2. The highest BCUT2D eigenvalue weighted by molar-refractivity contribution is 7.99. The molecule has 10 heteroatoms. The maximum atomic E-state index is 14.9. The van der Waals surface area contributed by atoms with E-state index in [0.29, 0.717) is 11.3 Å². The number of hydrogen-bond donors (Lipinski definition) is 1. The summed E-state index contributed by atoms with van der Waals surface area (Å²) in [6.45, 7) is 3.24. The molecule has 2 aliphatic heterocycles. The molecule has 2 saturated heterocycles. The van der Waals surface area contributed by atoms with Gasteiger partial charge in [-0.05, 0) is 42.9 Å². The number of amides is 1. The molecule has 0 saturated carbocycles. The largest absolute Gasteiger partial charge is 0.442 e. The van der Waals surface area contributed by atoms with Crippen LogP contribution in [0.2, 0.25) is 0 Å². The summed E-state index contributed by atoms with van der Waals surface area (Å²) < 4.78 is 54.4. The second-order valence-electron chi connectivity index (χ2n) is 7.97. The molecule has 0 radical (unpaired) electrons. The molecule has 172 valence electrons. The van der Waals surface area contributed by atoms with Crippen molar-refractivity contribution < 1.29 is 26.9 Å². The standard InChI is InChI=1S/C22H25FN2O5S2/c1-15-3-5-16(6-4-15)21(32(27,28)29)20-14-25(22(26)30-20)17-7-8-19(18(23)13-17)24-9-2-11-31-12-10-24/h3-8,13,20-21H,2,9-12,14H2,1H3,(H,27,28,29)/t20-,21-/m1/s1. The molecule has 2 heterocycles. The molecule has 32 heavy (non-hydrogen) atoms. The number of ether oxygens (including phenoxy) is 1. The van der Waals surface area contributed by atoms with Gasteiger partial charge in [0.15, 0.2) is 5.25 Å². The molecule has 2 fully saturated rings. The molecule has 2 atom stereocenters. The van der Waals surface area contributed by atoms with Gasteiger partial charge in [-0.15, -0.1) is 0 Å². The zero-order valence-corrected chi connectivity index (χ0v) is 19.2. The van der Waals surface area contributed by atoms with Crippen molar-refractivity contribution >= 4 is 39.3 Å². The van der Waals surface area contributed by atoms with Gasteiger partial charge in [-0.1, -0.05) is 29.8 Å². The Morgan fingerprint density at radius 1 is 1.16 bits per heavy atom. The van der Waals surface area contributed by atoms with Crippen molar-refractivity contribution in [2.45, 2.75) is 24.7 Å². The van der Waals surface area contributed by atoms with Crippen molar-refractivity contribution in [2.24, 2.45) is 0 Å². The molecule has 2 aliphatic rings. The Hall–Kier alpha value is -2.30. The van der Waals surface area contributed by atoms with E-state index in [1.807, 2.05) is 23.6 Å². The Labute approximate surface area is 191 Å². The van der Waals surface area contributed by atoms with Crippen LogP contribution in [0.15, 0.2) is 42.5 Å². The van der Waals surface area contributed by atoms with Gasteiger partial charge in [-0.3, -0.25) is 9.45 Å². The molecular formula is C22H25FN2O5S2. The first kappa shape index (κ1) is 22.9. The first-order valence-corrected chi connectivity index (χ1v) is 13.0. The number of rotatable bonds is 5. The Morgan fingerprint density at radius 3 is 2.59 bits per heavy atom. The van der Waals surface area contributed by atoms with Crippen LogP contribution in [0.25, 0.3) is 0 Å². The minimum atomic E-state index is -4.56. The number of carbonyl (C=O) groups is 1. The Morgan fingerprint density at radius 2 is 1.91 bits per heavy atom. The summed E-state index contributed by atoms with van der Waals surface area (Å²) >= 11 is 1.84. The number of benzene rings is 2. The monoisotopic (exact) mass is 480 g/mol. The zero-order valence-electron chi connectivity index (χ0n) is 17.6. The number of aryl methyl sites for hydroxylation is 1. The van der Waals surface area contributed by atoms with Crippen LogP contribution < -0.4 is 9.80 Å². The lowest BCUT2D eigenvalue weighted by Gasteiger charge is -2.24. The van der Waals surface area contributed by atoms with Gasteiger partial charge in [0, 0.05) is 18.8 Å². The molecule has 2 aromatic carbocycles. The fraction of sp³-hybridized carbons (Fsp3) is 0.409. The van der Waals surface area contributed by atoms with Gasteiger partial charge >= 0.3 is 6.09 Å². The number of thioether (sulfide) groups is 1. The first-order chi connectivity index (χ1) is 15.2. The van der Waals surface area contributed by atoms with Crippen LogP contribution in [-0.4, -0.2) is 56.3 Å². The molecule has 0 unspecified atom stereocenters. The number of halogens is 1. The highest BCUT2D eigenvalue weighted by atomic mass is 32.2. The fourth-order valence-corrected chi connectivity index (χ4v) is 6.01. The Bertz CT molecular complexity index is 1090. The lowest BCUT2D eigenvalue weighted by atomic mass is 10.1. The summed E-state index contributed by atoms with van der Waals surface area (Å²) in [6, 6.07) is 11.1. The summed E-state index contributed by atoms with van der Waals surface area (Å²) in [5.74, 6) is 1.53. The van der Waals surface area contributed by atoms with Crippen LogP contribution in [0.5, 0.6) is 0 Å². The maximum Gasteiger partial charge on any atom is 0.414 e. The van der Waals surface area contributed by atoms with Gasteiger partial charge in [-0.25, -0.2) is 9.18 Å². The van der Waals surface area contributed by atoms with Gasteiger partial charge in [0.1, 0.15) is 11.9 Å². The third kappa shape index (κ3) is 4.87. The van der Waals surface area contributed by atoms with Crippen molar-refractivity contribution in [2.75, 3.05) is 40.9 Å². The van der Waals surface area contributed by atoms with E-state index in [2.05, 4.69) is 0 Å². The SMILES string of the molecule is Cc1ccc([C@H]([C@H]2CN(c3ccc(N4CCCSCC4)c(F)c3)C(=O)O2)S(=O)(=O)O)cc1. The van der Waals surface area contributed by atoms with E-state index in [0.717, 1.165) is 36.6 Å². The van der Waals surface area contributed by atoms with E-state index >= 15 is 0 Å². The summed E-state index contributed by atoms with van der Waals surface area (Å²) in [5.41, 5.74) is 2.00. The van der Waals surface area contributed by atoms with Crippen molar-refractivity contribution in [1.82, 2.24) is 0 Å². The maximum absolute atomic E-state index is 14.9. The average Bonchev–Trinajstić information content (AvgIpc) is 2.93. The predicted molar refractivity (Wildman–Crippen MR) is 124 cm³/mol. The first-order valence-electron chi connectivity index (χ1n) is 10.4. The van der Waals surface area contributed by atoms with Gasteiger partial charge in [0.05, 0.1) is 17.9 Å². The predicted octanol–water partition coefficient (Wildman–Crippen LogP) is 4.03. The molecule has 2 aromatic rings. The molecule has 0 bridgehead atoms. The molecular weight excluding hydrogens is 455 g/mol. The molecule has 0 aromatic heterocycles. The Balaban J connectivity index is 1.57. The zero-order chi connectivity index (χ0) is 22.9. The van der Waals surface area contributed by atoms with Crippen LogP contribution in [0, 0.1) is 12.7 Å². The highest BCUT2D eigenvalue weighted by Gasteiger charge is 2.44. The van der Waals surface area contributed by atoms with Gasteiger partial charge < -0.3 is 9.64 Å². The van der Waals surface area contributed by atoms with E-state index in [1.165, 1.54) is 11.0 Å². The summed E-state index contributed by atoms with van der Waals surface area (Å²) in [5, 5.41) is -1.43. The van der Waals surface area contributed by atoms with Crippen LogP contribution >= 0.6 is 11.8 Å². The second-order valence-corrected chi connectivity index (χ2v) is 10.7. The second kappa shape index (κ2) is 9.29. The van der Waals surface area contributed by atoms with Gasteiger partial charge in [0.2, 0.25) is 0 Å². The summed E-state index contributed by atoms with van der Waals surface area (Å²) in [6.07, 6.45) is -0.943. The fourth-order valence-electron chi connectivity index (χ4n) is 4.09. The van der Waals surface area contributed by atoms with Crippen LogP contribution in [-0.2, 0) is 14.9 Å². The number of carbonyl (C=O) groups excluding carboxylic acids is 1. The van der Waals surface area contributed by atoms with Gasteiger partial charge in [0.25, 0.3) is 10.1 Å². The van der Waals surface area contributed by atoms with Gasteiger partial charge in [-0.2, -0.15) is 20.2 Å². The van der Waals surface area contributed by atoms with E-state index in [4.69, 9.17) is 4.74 Å². The molecule has 7 nitrogen and oxygen atoms in total. The molecule has 4 rings (SSSR count). The number of anilines is 2. The van der Waals surface area contributed by atoms with E-state index in [9.17, 15) is 22.2 Å². The van der Waals surface area contributed by atoms with E-state index in [-0.39, 0.29) is 12.2 Å². The lowest BCUT2D eigenvalue weighted by Crippen LogP contribution is -2.31. The van der Waals surface area contributed by atoms with Crippen molar-refractivity contribution in [3.05, 3.63) is 59.4 Å². The minimum absolute atomic E-state index is 0.129. The smallest absolute Gasteiger partial charge is 0.414 e. The summed E-state index contributed by atoms with van der Waals surface area (Å²) in [4.78, 5) is 15.7.